The van der Waals surface area contributed by atoms with Crippen molar-refractivity contribution < 1.29 is 14.3 Å². The summed E-state index contributed by atoms with van der Waals surface area (Å²) in [7, 11) is 0. The normalized spacial score (nSPS) is 14.8. The van der Waals surface area contributed by atoms with Gasteiger partial charge in [-0.05, 0) is 48.6 Å². The zero-order valence-corrected chi connectivity index (χ0v) is 22.8. The number of aromatic nitrogens is 3. The first-order valence-electron chi connectivity index (χ1n) is 12.2. The summed E-state index contributed by atoms with van der Waals surface area (Å²) < 4.78 is 13.1. The summed E-state index contributed by atoms with van der Waals surface area (Å²) in [5.74, 6) is 2.10. The molecular weight excluding hydrogens is 508 g/mol. The summed E-state index contributed by atoms with van der Waals surface area (Å²) in [6, 6.07) is 14.9. The van der Waals surface area contributed by atoms with Crippen molar-refractivity contribution in [1.82, 2.24) is 14.8 Å². The predicted octanol–water partition coefficient (Wildman–Crippen LogP) is 6.67. The highest BCUT2D eigenvalue weighted by atomic mass is 35.5. The van der Waals surface area contributed by atoms with Gasteiger partial charge in [-0.1, -0.05) is 80.2 Å². The van der Waals surface area contributed by atoms with Crippen LogP contribution < -0.4 is 10.1 Å². The number of ether oxygens (including phenoxy) is 2. The molecule has 194 valence electrons. The Balaban J connectivity index is 1.63. The molecule has 1 aliphatic heterocycles. The highest BCUT2D eigenvalue weighted by Gasteiger charge is 2.35. The number of rotatable bonds is 11. The number of nitrogens with zero attached hydrogens (tertiary/aromatic N) is 3. The molecule has 4 rings (SSSR count). The lowest BCUT2D eigenvalue weighted by Crippen LogP contribution is -2.29. The molecule has 0 aliphatic carbocycles. The van der Waals surface area contributed by atoms with E-state index in [1.54, 1.807) is 10.8 Å². The van der Waals surface area contributed by atoms with E-state index in [9.17, 15) is 4.79 Å². The van der Waals surface area contributed by atoms with Crippen molar-refractivity contribution in [2.24, 2.45) is 5.92 Å². The van der Waals surface area contributed by atoms with Crippen LogP contribution in [0.15, 0.2) is 77.6 Å². The van der Waals surface area contributed by atoms with Crippen LogP contribution in [0.5, 0.6) is 5.75 Å². The Morgan fingerprint density at radius 2 is 2.00 bits per heavy atom. The molecule has 9 heteroatoms. The lowest BCUT2D eigenvalue weighted by Gasteiger charge is -2.28. The molecule has 1 unspecified atom stereocenters. The lowest BCUT2D eigenvalue weighted by atomic mass is 9.96. The van der Waals surface area contributed by atoms with Gasteiger partial charge in [-0.15, -0.1) is 5.10 Å². The molecule has 0 spiro atoms. The summed E-state index contributed by atoms with van der Waals surface area (Å²) >= 11 is 7.80. The number of hydrogen-bond donors (Lipinski definition) is 1. The number of nitrogens with one attached hydrogen (secondary N) is 1. The first-order chi connectivity index (χ1) is 17.9. The minimum atomic E-state index is -0.513. The maximum absolute atomic E-state index is 13.1. The van der Waals surface area contributed by atoms with Gasteiger partial charge in [0.2, 0.25) is 11.1 Å². The van der Waals surface area contributed by atoms with Crippen molar-refractivity contribution in [3.63, 3.8) is 0 Å². The number of fused-ring (bicyclic) bond motifs is 1. The van der Waals surface area contributed by atoms with Crippen LogP contribution in [0.25, 0.3) is 0 Å². The van der Waals surface area contributed by atoms with Gasteiger partial charge in [0.05, 0.1) is 12.2 Å². The fourth-order valence-corrected chi connectivity index (χ4v) is 5.01. The van der Waals surface area contributed by atoms with Crippen LogP contribution in [0.4, 0.5) is 5.95 Å². The van der Waals surface area contributed by atoms with Crippen LogP contribution in [0.3, 0.4) is 0 Å². The molecule has 2 aromatic carbocycles. The van der Waals surface area contributed by atoms with Gasteiger partial charge in [-0.3, -0.25) is 0 Å². The number of esters is 1. The van der Waals surface area contributed by atoms with Crippen LogP contribution in [-0.2, 0) is 15.3 Å². The Morgan fingerprint density at radius 1 is 1.24 bits per heavy atom. The third-order valence-corrected chi connectivity index (χ3v) is 7.11. The Kier molecular flexibility index (Phi) is 8.95. The van der Waals surface area contributed by atoms with E-state index in [1.807, 2.05) is 55.5 Å². The van der Waals surface area contributed by atoms with Crippen LogP contribution >= 0.6 is 23.4 Å². The summed E-state index contributed by atoms with van der Waals surface area (Å²) in [6.07, 6.45) is 2.53. The van der Waals surface area contributed by atoms with E-state index < -0.39 is 12.0 Å². The number of anilines is 1. The molecule has 0 fully saturated rings. The number of hydrogen-bond acceptors (Lipinski definition) is 7. The standard InChI is InChI=1S/C28H31ClN4O3S/c1-5-15-36-26(34)24-19(4)30-27-31-28(37-17-21-8-6-7-9-23(21)29)32-33(27)25(24)20-10-12-22(13-11-20)35-16-14-18(2)3/h5-13,18,25H,1,14-17H2,2-4H3,(H,30,31,32). The molecular formula is C28H31ClN4O3S. The molecule has 2 heterocycles. The molecule has 0 radical (unpaired) electrons. The molecule has 0 saturated carbocycles. The molecule has 0 amide bonds. The molecule has 0 bridgehead atoms. The van der Waals surface area contributed by atoms with E-state index in [0.717, 1.165) is 23.3 Å². The average molecular weight is 539 g/mol. The van der Waals surface area contributed by atoms with E-state index in [-0.39, 0.29) is 6.61 Å². The van der Waals surface area contributed by atoms with Gasteiger partial charge in [0, 0.05) is 16.5 Å². The van der Waals surface area contributed by atoms with Crippen molar-refractivity contribution in [1.29, 1.82) is 0 Å². The summed E-state index contributed by atoms with van der Waals surface area (Å²) in [5.41, 5.74) is 3.01. The highest BCUT2D eigenvalue weighted by Crippen LogP contribution is 2.37. The molecule has 37 heavy (non-hydrogen) atoms. The smallest absolute Gasteiger partial charge is 0.338 e. The van der Waals surface area contributed by atoms with Gasteiger partial charge in [0.1, 0.15) is 18.4 Å². The van der Waals surface area contributed by atoms with E-state index in [2.05, 4.69) is 30.7 Å². The first-order valence-corrected chi connectivity index (χ1v) is 13.5. The molecule has 1 N–H and O–H groups in total. The Hall–Kier alpha value is -3.23. The Bertz CT molecular complexity index is 1290. The number of thioether (sulfide) groups is 1. The molecule has 1 aliphatic rings. The van der Waals surface area contributed by atoms with Crippen molar-refractivity contribution in [2.45, 2.75) is 44.1 Å². The second-order valence-corrected chi connectivity index (χ2v) is 10.4. The van der Waals surface area contributed by atoms with Crippen LogP contribution in [0.1, 0.15) is 44.4 Å². The van der Waals surface area contributed by atoms with E-state index in [4.69, 9.17) is 26.2 Å². The first kappa shape index (κ1) is 26.8. The van der Waals surface area contributed by atoms with Gasteiger partial charge < -0.3 is 14.8 Å². The third kappa shape index (κ3) is 6.56. The number of benzene rings is 2. The zero-order chi connectivity index (χ0) is 26.4. The van der Waals surface area contributed by atoms with Crippen LogP contribution in [-0.4, -0.2) is 33.9 Å². The highest BCUT2D eigenvalue weighted by molar-refractivity contribution is 7.98. The minimum Gasteiger partial charge on any atom is -0.494 e. The number of carbonyl (C=O) groups is 1. The van der Waals surface area contributed by atoms with Gasteiger partial charge in [-0.2, -0.15) is 4.98 Å². The number of carbonyl (C=O) groups excluding carboxylic acids is 1. The topological polar surface area (TPSA) is 78.3 Å². The van der Waals surface area contributed by atoms with Crippen molar-refractivity contribution in [3.8, 4) is 5.75 Å². The largest absolute Gasteiger partial charge is 0.494 e. The second kappa shape index (κ2) is 12.3. The quantitative estimate of drug-likeness (QED) is 0.166. The number of halogens is 1. The van der Waals surface area contributed by atoms with Crippen molar-refractivity contribution >= 4 is 35.3 Å². The zero-order valence-electron chi connectivity index (χ0n) is 21.2. The van der Waals surface area contributed by atoms with E-state index >= 15 is 0 Å². The third-order valence-electron chi connectivity index (χ3n) is 5.86. The molecule has 1 atom stereocenters. The van der Waals surface area contributed by atoms with E-state index in [0.29, 0.717) is 45.7 Å². The molecule has 1 aromatic heterocycles. The van der Waals surface area contributed by atoms with Gasteiger partial charge in [0.15, 0.2) is 0 Å². The maximum Gasteiger partial charge on any atom is 0.338 e. The van der Waals surface area contributed by atoms with Gasteiger partial charge in [-0.25, -0.2) is 9.48 Å². The fourth-order valence-electron chi connectivity index (χ4n) is 3.89. The maximum atomic E-state index is 13.1. The molecule has 7 nitrogen and oxygen atoms in total. The van der Waals surface area contributed by atoms with Crippen LogP contribution in [0.2, 0.25) is 5.02 Å². The summed E-state index contributed by atoms with van der Waals surface area (Å²) in [4.78, 5) is 17.8. The summed E-state index contributed by atoms with van der Waals surface area (Å²) in [5, 5.41) is 9.27. The lowest BCUT2D eigenvalue weighted by molar-refractivity contribution is -0.138. The van der Waals surface area contributed by atoms with Gasteiger partial charge >= 0.3 is 5.97 Å². The fraction of sp³-hybridized carbons (Fsp3) is 0.321. The minimum absolute atomic E-state index is 0.119. The van der Waals surface area contributed by atoms with Crippen molar-refractivity contribution in [2.75, 3.05) is 18.5 Å². The Morgan fingerprint density at radius 3 is 2.70 bits per heavy atom. The molecule has 0 saturated heterocycles. The van der Waals surface area contributed by atoms with Gasteiger partial charge in [0.25, 0.3) is 0 Å². The summed E-state index contributed by atoms with van der Waals surface area (Å²) in [6.45, 7) is 10.6. The predicted molar refractivity (Wildman–Crippen MR) is 148 cm³/mol. The molecule has 3 aromatic rings. The number of allylic oxidation sites excluding steroid dienone is 1. The monoisotopic (exact) mass is 538 g/mol. The van der Waals surface area contributed by atoms with Crippen molar-refractivity contribution in [3.05, 3.63) is 88.6 Å². The second-order valence-electron chi connectivity index (χ2n) is 9.10. The van der Waals surface area contributed by atoms with Crippen LogP contribution in [0, 0.1) is 5.92 Å². The Labute approximate surface area is 226 Å². The SMILES string of the molecule is C=CCOC(=O)C1=C(C)Nc2nc(SCc3ccccc3Cl)nn2C1c1ccc(OCCC(C)C)cc1. The van der Waals surface area contributed by atoms with E-state index in [1.165, 1.54) is 11.8 Å². The average Bonchev–Trinajstić information content (AvgIpc) is 3.28.